The zero-order chi connectivity index (χ0) is 11.4. The lowest BCUT2D eigenvalue weighted by Crippen LogP contribution is -2.28. The Bertz CT molecular complexity index is 436. The number of thiophene rings is 1. The van der Waals surface area contributed by atoms with Crippen molar-refractivity contribution in [3.63, 3.8) is 0 Å². The molecule has 3 heteroatoms. The molecule has 0 spiro atoms. The number of nitrogens with one attached hydrogen (secondary N) is 1. The van der Waals surface area contributed by atoms with Crippen LogP contribution in [0.3, 0.4) is 0 Å². The normalized spacial score (nSPS) is 12.6. The van der Waals surface area contributed by atoms with Gasteiger partial charge in [-0.25, -0.2) is 0 Å². The van der Waals surface area contributed by atoms with Crippen LogP contribution in [0.2, 0.25) is 0 Å². The van der Waals surface area contributed by atoms with Gasteiger partial charge in [0.2, 0.25) is 0 Å². The minimum atomic E-state index is 0.209. The summed E-state index contributed by atoms with van der Waals surface area (Å²) in [4.78, 5) is 2.62. The van der Waals surface area contributed by atoms with Crippen LogP contribution in [0.1, 0.15) is 21.4 Å². The average molecular weight is 232 g/mol. The summed E-state index contributed by atoms with van der Waals surface area (Å²) in [6.45, 7) is 2.12. The Morgan fingerprint density at radius 2 is 1.94 bits per heavy atom. The van der Waals surface area contributed by atoms with Crippen LogP contribution in [-0.2, 0) is 6.42 Å². The van der Waals surface area contributed by atoms with Crippen molar-refractivity contribution in [3.05, 3.63) is 57.8 Å². The van der Waals surface area contributed by atoms with Gasteiger partial charge in [0.15, 0.2) is 0 Å². The zero-order valence-corrected chi connectivity index (χ0v) is 10.1. The minimum Gasteiger partial charge on any atom is -0.271 e. The highest BCUT2D eigenvalue weighted by atomic mass is 32.1. The van der Waals surface area contributed by atoms with E-state index in [2.05, 4.69) is 48.7 Å². The van der Waals surface area contributed by atoms with Crippen molar-refractivity contribution < 1.29 is 0 Å². The molecule has 0 fully saturated rings. The summed E-state index contributed by atoms with van der Waals surface area (Å²) in [5, 5.41) is 0. The van der Waals surface area contributed by atoms with Gasteiger partial charge in [0.25, 0.3) is 0 Å². The molecule has 1 heterocycles. The van der Waals surface area contributed by atoms with E-state index in [1.165, 1.54) is 15.3 Å². The van der Waals surface area contributed by atoms with Gasteiger partial charge in [-0.15, -0.1) is 11.3 Å². The highest BCUT2D eigenvalue weighted by Gasteiger charge is 2.11. The predicted molar refractivity (Wildman–Crippen MR) is 69.3 cm³/mol. The molecule has 1 aromatic carbocycles. The fourth-order valence-electron chi connectivity index (χ4n) is 1.73. The number of aryl methyl sites for hydroxylation is 1. The first-order valence-corrected chi connectivity index (χ1v) is 6.17. The van der Waals surface area contributed by atoms with Crippen LogP contribution in [0.25, 0.3) is 0 Å². The number of nitrogens with two attached hydrogens (primary N) is 1. The summed E-state index contributed by atoms with van der Waals surface area (Å²) >= 11 is 1.80. The highest BCUT2D eigenvalue weighted by molar-refractivity contribution is 7.12. The van der Waals surface area contributed by atoms with Gasteiger partial charge in [-0.1, -0.05) is 30.3 Å². The first-order chi connectivity index (χ1) is 7.79. The third kappa shape index (κ3) is 2.70. The molecular weight excluding hydrogens is 216 g/mol. The Morgan fingerprint density at radius 1 is 1.19 bits per heavy atom. The molecule has 2 rings (SSSR count). The maximum absolute atomic E-state index is 5.62. The molecule has 1 unspecified atom stereocenters. The topological polar surface area (TPSA) is 38.0 Å². The van der Waals surface area contributed by atoms with E-state index in [9.17, 15) is 0 Å². The van der Waals surface area contributed by atoms with Gasteiger partial charge < -0.3 is 0 Å². The molecule has 0 aliphatic carbocycles. The molecular formula is C13H16N2S. The van der Waals surface area contributed by atoms with Crippen LogP contribution in [0.4, 0.5) is 0 Å². The maximum atomic E-state index is 5.62. The van der Waals surface area contributed by atoms with Crippen molar-refractivity contribution in [2.75, 3.05) is 0 Å². The lowest BCUT2D eigenvalue weighted by molar-refractivity contribution is 0.560. The molecule has 0 saturated carbocycles. The first kappa shape index (κ1) is 11.3. The summed E-state index contributed by atoms with van der Waals surface area (Å²) in [5.41, 5.74) is 4.19. The van der Waals surface area contributed by atoms with Crippen molar-refractivity contribution in [2.45, 2.75) is 19.4 Å². The van der Waals surface area contributed by atoms with Gasteiger partial charge in [-0.3, -0.25) is 11.3 Å². The number of benzene rings is 1. The molecule has 16 heavy (non-hydrogen) atoms. The molecule has 0 aliphatic heterocycles. The van der Waals surface area contributed by atoms with Gasteiger partial charge in [-0.2, -0.15) is 0 Å². The second-order valence-electron chi connectivity index (χ2n) is 3.86. The van der Waals surface area contributed by atoms with Gasteiger partial charge >= 0.3 is 0 Å². The Kier molecular flexibility index (Phi) is 3.72. The van der Waals surface area contributed by atoms with Crippen LogP contribution >= 0.6 is 11.3 Å². The third-order valence-electron chi connectivity index (χ3n) is 2.59. The predicted octanol–water partition coefficient (Wildman–Crippen LogP) is 2.80. The maximum Gasteiger partial charge on any atom is 0.0593 e. The third-order valence-corrected chi connectivity index (χ3v) is 3.70. The number of rotatable bonds is 4. The molecule has 2 aromatic rings. The fraction of sp³-hybridized carbons (Fsp3) is 0.231. The second-order valence-corrected chi connectivity index (χ2v) is 5.18. The van der Waals surface area contributed by atoms with E-state index in [1.807, 2.05) is 6.07 Å². The van der Waals surface area contributed by atoms with Gasteiger partial charge in [0.1, 0.15) is 0 Å². The summed E-state index contributed by atoms with van der Waals surface area (Å²) in [6.07, 6.45) is 0.928. The largest absolute Gasteiger partial charge is 0.271 e. The Labute approximate surface area is 100 Å². The average Bonchev–Trinajstić information content (AvgIpc) is 2.74. The molecule has 0 saturated heterocycles. The van der Waals surface area contributed by atoms with Crippen LogP contribution in [-0.4, -0.2) is 0 Å². The van der Waals surface area contributed by atoms with Crippen molar-refractivity contribution in [1.82, 2.24) is 5.43 Å². The molecule has 0 radical (unpaired) electrons. The molecule has 3 N–H and O–H groups in total. The Hall–Kier alpha value is -1.16. The van der Waals surface area contributed by atoms with E-state index in [0.29, 0.717) is 0 Å². The van der Waals surface area contributed by atoms with E-state index in [4.69, 9.17) is 5.84 Å². The fourth-order valence-corrected chi connectivity index (χ4v) is 2.67. The number of hydrazine groups is 1. The molecule has 84 valence electrons. The number of hydrogen-bond donors (Lipinski definition) is 2. The lowest BCUT2D eigenvalue weighted by atomic mass is 10.1. The monoisotopic (exact) mass is 232 g/mol. The first-order valence-electron chi connectivity index (χ1n) is 5.36. The van der Waals surface area contributed by atoms with E-state index >= 15 is 0 Å². The number of hydrogen-bond acceptors (Lipinski definition) is 3. The Morgan fingerprint density at radius 3 is 2.50 bits per heavy atom. The van der Waals surface area contributed by atoms with Crippen LogP contribution in [0, 0.1) is 6.92 Å². The highest BCUT2D eigenvalue weighted by Crippen LogP contribution is 2.24. The van der Waals surface area contributed by atoms with Gasteiger partial charge in [-0.05, 0) is 31.0 Å². The van der Waals surface area contributed by atoms with Crippen LogP contribution in [0.5, 0.6) is 0 Å². The summed E-state index contributed by atoms with van der Waals surface area (Å²) in [5.74, 6) is 5.62. The van der Waals surface area contributed by atoms with E-state index in [0.717, 1.165) is 6.42 Å². The van der Waals surface area contributed by atoms with Crippen molar-refractivity contribution in [3.8, 4) is 0 Å². The van der Waals surface area contributed by atoms with Gasteiger partial charge in [0, 0.05) is 9.75 Å². The summed E-state index contributed by atoms with van der Waals surface area (Å²) in [7, 11) is 0. The zero-order valence-electron chi connectivity index (χ0n) is 9.31. The van der Waals surface area contributed by atoms with Crippen LogP contribution in [0.15, 0.2) is 42.5 Å². The Balaban J connectivity index is 2.12. The second kappa shape index (κ2) is 5.25. The molecule has 1 aromatic heterocycles. The van der Waals surface area contributed by atoms with Gasteiger partial charge in [0.05, 0.1) is 6.04 Å². The van der Waals surface area contributed by atoms with E-state index in [1.54, 1.807) is 11.3 Å². The minimum absolute atomic E-state index is 0.209. The van der Waals surface area contributed by atoms with Crippen molar-refractivity contribution in [2.24, 2.45) is 5.84 Å². The molecule has 0 aliphatic rings. The molecule has 0 amide bonds. The van der Waals surface area contributed by atoms with Crippen molar-refractivity contribution in [1.29, 1.82) is 0 Å². The molecule has 2 nitrogen and oxygen atoms in total. The van der Waals surface area contributed by atoms with E-state index in [-0.39, 0.29) is 6.04 Å². The smallest absolute Gasteiger partial charge is 0.0593 e. The molecule has 1 atom stereocenters. The quantitative estimate of drug-likeness (QED) is 0.628. The molecule has 0 bridgehead atoms. The lowest BCUT2D eigenvalue weighted by Gasteiger charge is -2.14. The summed E-state index contributed by atoms with van der Waals surface area (Å²) in [6, 6.07) is 14.9. The van der Waals surface area contributed by atoms with Crippen molar-refractivity contribution >= 4 is 11.3 Å². The van der Waals surface area contributed by atoms with Crippen LogP contribution < -0.4 is 11.3 Å². The summed E-state index contributed by atoms with van der Waals surface area (Å²) < 4.78 is 0. The van der Waals surface area contributed by atoms with E-state index < -0.39 is 0 Å². The standard InChI is InChI=1S/C13H16N2S/c1-10-7-8-13(16-10)12(15-14)9-11-5-3-2-4-6-11/h2-8,12,15H,9,14H2,1H3. The SMILES string of the molecule is Cc1ccc(C(Cc2ccccc2)NN)s1.